The number of piperazine rings is 1. The number of aromatic nitrogens is 1. The summed E-state index contributed by atoms with van der Waals surface area (Å²) in [5.74, 6) is 1.72. The zero-order chi connectivity index (χ0) is 18.5. The van der Waals surface area contributed by atoms with E-state index in [2.05, 4.69) is 16.8 Å². The van der Waals surface area contributed by atoms with Gasteiger partial charge in [0.1, 0.15) is 5.76 Å². The second-order valence-electron chi connectivity index (χ2n) is 6.79. The summed E-state index contributed by atoms with van der Waals surface area (Å²) in [5.41, 5.74) is 1.84. The van der Waals surface area contributed by atoms with Crippen molar-refractivity contribution in [3.05, 3.63) is 40.7 Å². The molecule has 1 aliphatic heterocycles. The third-order valence-corrected chi connectivity index (χ3v) is 5.04. The summed E-state index contributed by atoms with van der Waals surface area (Å²) < 4.78 is 5.84. The Morgan fingerprint density at radius 2 is 2.00 bits per heavy atom. The van der Waals surface area contributed by atoms with Crippen LogP contribution in [0.5, 0.6) is 0 Å². The first-order chi connectivity index (χ1) is 12.6. The van der Waals surface area contributed by atoms with Gasteiger partial charge in [0, 0.05) is 49.7 Å². The van der Waals surface area contributed by atoms with Crippen molar-refractivity contribution in [2.24, 2.45) is 0 Å². The fourth-order valence-electron chi connectivity index (χ4n) is 3.17. The van der Waals surface area contributed by atoms with Gasteiger partial charge in [0.05, 0.1) is 5.69 Å². The van der Waals surface area contributed by atoms with Crippen LogP contribution in [0.15, 0.2) is 28.7 Å². The molecule has 2 heterocycles. The summed E-state index contributed by atoms with van der Waals surface area (Å²) >= 11 is 6.06. The van der Waals surface area contributed by atoms with Gasteiger partial charge in [-0.2, -0.15) is 0 Å². The van der Waals surface area contributed by atoms with Crippen molar-refractivity contribution in [2.45, 2.75) is 39.7 Å². The minimum absolute atomic E-state index is 0. The Balaban J connectivity index is 0.00000261. The molecule has 0 bridgehead atoms. The van der Waals surface area contributed by atoms with Crippen molar-refractivity contribution in [3.8, 4) is 11.5 Å². The second kappa shape index (κ2) is 10.1. The predicted octanol–water partition coefficient (Wildman–Crippen LogP) is 4.56. The molecule has 1 aromatic heterocycles. The Hall–Kier alpha value is -1.56. The van der Waals surface area contributed by atoms with Crippen LogP contribution in [0, 0.1) is 6.92 Å². The highest BCUT2D eigenvalue weighted by Crippen LogP contribution is 2.25. The topological polar surface area (TPSA) is 49.6 Å². The van der Waals surface area contributed by atoms with Crippen LogP contribution < -0.4 is 0 Å². The Morgan fingerprint density at radius 3 is 2.67 bits per heavy atom. The van der Waals surface area contributed by atoms with Gasteiger partial charge < -0.3 is 9.32 Å². The van der Waals surface area contributed by atoms with Gasteiger partial charge in [-0.1, -0.05) is 31.0 Å². The number of nitrogens with zero attached hydrogens (tertiary/aromatic N) is 3. The van der Waals surface area contributed by atoms with Crippen molar-refractivity contribution in [1.29, 1.82) is 0 Å². The first-order valence-electron chi connectivity index (χ1n) is 9.29. The number of amides is 1. The maximum Gasteiger partial charge on any atom is 0.226 e. The third kappa shape index (κ3) is 5.71. The number of oxazole rings is 1. The fourth-order valence-corrected chi connectivity index (χ4v) is 3.36. The minimum atomic E-state index is 0. The monoisotopic (exact) mass is 411 g/mol. The number of hydrogen-bond donors (Lipinski definition) is 0. The highest BCUT2D eigenvalue weighted by atomic mass is 35.5. The van der Waals surface area contributed by atoms with Gasteiger partial charge in [-0.25, -0.2) is 4.98 Å². The molecule has 148 valence electrons. The van der Waals surface area contributed by atoms with Gasteiger partial charge in [0.2, 0.25) is 11.8 Å². The summed E-state index contributed by atoms with van der Waals surface area (Å²) in [6.45, 7) is 8.13. The van der Waals surface area contributed by atoms with Gasteiger partial charge in [-0.15, -0.1) is 12.4 Å². The van der Waals surface area contributed by atoms with Crippen molar-refractivity contribution in [1.82, 2.24) is 14.8 Å². The molecular weight excluding hydrogens is 385 g/mol. The van der Waals surface area contributed by atoms with E-state index in [0.717, 1.165) is 62.6 Å². The van der Waals surface area contributed by atoms with E-state index in [1.165, 1.54) is 0 Å². The lowest BCUT2D eigenvalue weighted by Crippen LogP contribution is -2.48. The van der Waals surface area contributed by atoms with Crippen LogP contribution in [0.4, 0.5) is 0 Å². The Kier molecular flexibility index (Phi) is 8.14. The average molecular weight is 412 g/mol. The van der Waals surface area contributed by atoms with Crippen LogP contribution in [-0.2, 0) is 11.3 Å². The van der Waals surface area contributed by atoms with Gasteiger partial charge in [-0.3, -0.25) is 9.69 Å². The first kappa shape index (κ1) is 21.7. The quantitative estimate of drug-likeness (QED) is 0.698. The molecule has 5 nitrogen and oxygen atoms in total. The van der Waals surface area contributed by atoms with E-state index in [4.69, 9.17) is 16.0 Å². The van der Waals surface area contributed by atoms with Gasteiger partial charge >= 0.3 is 0 Å². The highest BCUT2D eigenvalue weighted by molar-refractivity contribution is 6.30. The average Bonchev–Trinajstić information content (AvgIpc) is 3.01. The molecular formula is C20H27Cl2N3O2. The van der Waals surface area contributed by atoms with E-state index in [1.54, 1.807) is 0 Å². The number of carbonyl (C=O) groups is 1. The lowest BCUT2D eigenvalue weighted by atomic mass is 10.2. The smallest absolute Gasteiger partial charge is 0.226 e. The maximum absolute atomic E-state index is 12.1. The molecule has 0 radical (unpaired) electrons. The number of aryl methyl sites for hydroxylation is 1. The molecule has 3 rings (SSSR count). The summed E-state index contributed by atoms with van der Waals surface area (Å²) in [6.07, 6.45) is 2.71. The molecule has 0 unspecified atom stereocenters. The lowest BCUT2D eigenvalue weighted by molar-refractivity contribution is -0.133. The Morgan fingerprint density at radius 1 is 1.26 bits per heavy atom. The molecule has 0 N–H and O–H groups in total. The van der Waals surface area contributed by atoms with Crippen molar-refractivity contribution in [3.63, 3.8) is 0 Å². The van der Waals surface area contributed by atoms with Crippen LogP contribution in [0.1, 0.15) is 37.6 Å². The molecule has 0 spiro atoms. The first-order valence-corrected chi connectivity index (χ1v) is 9.67. The molecule has 2 aromatic rings. The third-order valence-electron chi connectivity index (χ3n) is 4.81. The maximum atomic E-state index is 12.1. The number of rotatable bonds is 6. The van der Waals surface area contributed by atoms with Crippen LogP contribution in [0.3, 0.4) is 0 Å². The molecule has 1 aromatic carbocycles. The zero-order valence-corrected chi connectivity index (χ0v) is 17.5. The fraction of sp³-hybridized carbons (Fsp3) is 0.500. The Bertz CT molecular complexity index is 755. The zero-order valence-electron chi connectivity index (χ0n) is 15.9. The van der Waals surface area contributed by atoms with Gasteiger partial charge in [-0.05, 0) is 31.5 Å². The van der Waals surface area contributed by atoms with E-state index in [1.807, 2.05) is 36.1 Å². The van der Waals surface area contributed by atoms with E-state index in [9.17, 15) is 4.79 Å². The number of hydrogen-bond acceptors (Lipinski definition) is 4. The molecule has 1 saturated heterocycles. The second-order valence-corrected chi connectivity index (χ2v) is 7.23. The SMILES string of the molecule is CCCCC(=O)N1CCN(Cc2nc(-c3cccc(Cl)c3)oc2C)CC1.Cl. The number of benzene rings is 1. The summed E-state index contributed by atoms with van der Waals surface area (Å²) in [7, 11) is 0. The van der Waals surface area contributed by atoms with Gasteiger partial charge in [0.25, 0.3) is 0 Å². The summed E-state index contributed by atoms with van der Waals surface area (Å²) in [6, 6.07) is 7.54. The van der Waals surface area contributed by atoms with Crippen LogP contribution in [-0.4, -0.2) is 46.9 Å². The van der Waals surface area contributed by atoms with Crippen molar-refractivity contribution >= 4 is 29.9 Å². The van der Waals surface area contributed by atoms with Gasteiger partial charge in [0.15, 0.2) is 0 Å². The molecule has 1 aliphatic rings. The number of unbranched alkanes of at least 4 members (excludes halogenated alkanes) is 1. The highest BCUT2D eigenvalue weighted by Gasteiger charge is 2.22. The van der Waals surface area contributed by atoms with E-state index >= 15 is 0 Å². The van der Waals surface area contributed by atoms with Crippen molar-refractivity contribution < 1.29 is 9.21 Å². The van der Waals surface area contributed by atoms with E-state index < -0.39 is 0 Å². The van der Waals surface area contributed by atoms with Crippen LogP contribution in [0.25, 0.3) is 11.5 Å². The van der Waals surface area contributed by atoms with Crippen LogP contribution in [0.2, 0.25) is 5.02 Å². The predicted molar refractivity (Wildman–Crippen MR) is 110 cm³/mol. The van der Waals surface area contributed by atoms with Crippen LogP contribution >= 0.6 is 24.0 Å². The standard InChI is InChI=1S/C20H26ClN3O2.ClH/c1-3-4-8-19(25)24-11-9-23(10-12-24)14-18-15(2)26-20(22-18)16-6-5-7-17(21)13-16;/h5-7,13H,3-4,8-12,14H2,1-2H3;1H. The largest absolute Gasteiger partial charge is 0.441 e. The van der Waals surface area contributed by atoms with Crippen molar-refractivity contribution in [2.75, 3.05) is 26.2 Å². The molecule has 7 heteroatoms. The van der Waals surface area contributed by atoms with E-state index in [-0.39, 0.29) is 18.3 Å². The number of carbonyl (C=O) groups excluding carboxylic acids is 1. The molecule has 1 fully saturated rings. The Labute approximate surface area is 172 Å². The molecule has 0 saturated carbocycles. The minimum Gasteiger partial charge on any atom is -0.441 e. The van der Waals surface area contributed by atoms with E-state index in [0.29, 0.717) is 17.3 Å². The molecule has 0 atom stereocenters. The number of halogens is 2. The lowest BCUT2D eigenvalue weighted by Gasteiger charge is -2.34. The normalized spacial score (nSPS) is 14.9. The molecule has 0 aliphatic carbocycles. The summed E-state index contributed by atoms with van der Waals surface area (Å²) in [4.78, 5) is 21.1. The molecule has 1 amide bonds. The summed E-state index contributed by atoms with van der Waals surface area (Å²) in [5, 5.41) is 0.670. The molecule has 27 heavy (non-hydrogen) atoms.